The standard InChI is InChI=1S/C25H29FN6O2/c1-24-7-8-25(2,31-24)12-17(11-24)32(3)21-14-28-23(30-29-21)18-6-5-15(9-19(18)33)16-10-20(34-4)22(26)27-13-16/h5-6,9-10,13-14,17,31,33H,7-8,11-12H2,1-4H3/t17?,24-,25+. The molecule has 178 valence electrons. The van der Waals surface area contributed by atoms with Crippen molar-refractivity contribution >= 4 is 5.82 Å². The van der Waals surface area contributed by atoms with Crippen molar-refractivity contribution in [3.63, 3.8) is 0 Å². The van der Waals surface area contributed by atoms with E-state index in [1.54, 1.807) is 24.4 Å². The lowest BCUT2D eigenvalue weighted by Crippen LogP contribution is -2.58. The minimum Gasteiger partial charge on any atom is -0.507 e. The molecule has 1 aromatic carbocycles. The number of methoxy groups -OCH3 is 1. The van der Waals surface area contributed by atoms with E-state index in [1.165, 1.54) is 32.2 Å². The van der Waals surface area contributed by atoms with Gasteiger partial charge in [0.15, 0.2) is 17.4 Å². The first-order chi connectivity index (χ1) is 16.2. The van der Waals surface area contributed by atoms with Gasteiger partial charge in [0.05, 0.1) is 18.9 Å². The summed E-state index contributed by atoms with van der Waals surface area (Å²) in [7, 11) is 3.43. The number of anilines is 1. The van der Waals surface area contributed by atoms with Crippen molar-refractivity contribution in [2.24, 2.45) is 0 Å². The number of rotatable bonds is 5. The molecule has 0 radical (unpaired) electrons. The van der Waals surface area contributed by atoms with Crippen molar-refractivity contribution in [3.05, 3.63) is 42.6 Å². The maximum Gasteiger partial charge on any atom is 0.255 e. The average molecular weight is 465 g/mol. The first kappa shape index (κ1) is 22.5. The van der Waals surface area contributed by atoms with Crippen LogP contribution in [0.4, 0.5) is 10.2 Å². The van der Waals surface area contributed by atoms with Crippen LogP contribution in [0.3, 0.4) is 0 Å². The van der Waals surface area contributed by atoms with Gasteiger partial charge in [-0.3, -0.25) is 0 Å². The zero-order chi connectivity index (χ0) is 24.1. The van der Waals surface area contributed by atoms with E-state index in [0.29, 0.717) is 34.4 Å². The fraction of sp³-hybridized carbons (Fsp3) is 0.440. The second-order valence-corrected chi connectivity index (χ2v) is 10.0. The Morgan fingerprint density at radius 2 is 1.79 bits per heavy atom. The van der Waals surface area contributed by atoms with Gasteiger partial charge in [0, 0.05) is 35.9 Å². The molecule has 2 N–H and O–H groups in total. The molecule has 3 aromatic rings. The third kappa shape index (κ3) is 4.04. The minimum atomic E-state index is -0.683. The van der Waals surface area contributed by atoms with E-state index in [0.717, 1.165) is 12.8 Å². The minimum absolute atomic E-state index is 0.000485. The number of pyridine rings is 1. The average Bonchev–Trinajstić information content (AvgIpc) is 3.05. The summed E-state index contributed by atoms with van der Waals surface area (Å²) in [4.78, 5) is 10.4. The number of hydrogen-bond acceptors (Lipinski definition) is 8. The SMILES string of the molecule is COc1cc(-c2ccc(-c3ncc(N(C)C4C[C@]5(C)CC[C@](C)(C4)N5)nn3)c(O)c2)cnc1F. The summed E-state index contributed by atoms with van der Waals surface area (Å²) in [6.45, 7) is 4.60. The number of piperidine rings is 1. The fourth-order valence-corrected chi connectivity index (χ4v) is 5.47. The van der Waals surface area contributed by atoms with E-state index < -0.39 is 5.95 Å². The lowest BCUT2D eigenvalue weighted by molar-refractivity contribution is 0.207. The summed E-state index contributed by atoms with van der Waals surface area (Å²) in [5.41, 5.74) is 2.06. The van der Waals surface area contributed by atoms with Crippen molar-refractivity contribution in [2.45, 2.75) is 56.7 Å². The van der Waals surface area contributed by atoms with Crippen LogP contribution in [-0.2, 0) is 0 Å². The van der Waals surface area contributed by atoms with Gasteiger partial charge < -0.3 is 20.1 Å². The lowest BCUT2D eigenvalue weighted by Gasteiger charge is -2.45. The molecule has 3 atom stereocenters. The van der Waals surface area contributed by atoms with Crippen molar-refractivity contribution in [2.75, 3.05) is 19.1 Å². The zero-order valence-electron chi connectivity index (χ0n) is 19.8. The Bertz CT molecular complexity index is 1200. The van der Waals surface area contributed by atoms with E-state index >= 15 is 0 Å². The number of nitrogens with one attached hydrogen (secondary N) is 1. The number of aromatic hydroxyl groups is 1. The Balaban J connectivity index is 1.35. The number of nitrogens with zero attached hydrogens (tertiary/aromatic N) is 5. The second-order valence-electron chi connectivity index (χ2n) is 10.0. The molecular weight excluding hydrogens is 435 g/mol. The highest BCUT2D eigenvalue weighted by Crippen LogP contribution is 2.43. The van der Waals surface area contributed by atoms with Crippen LogP contribution in [-0.4, -0.2) is 56.5 Å². The smallest absolute Gasteiger partial charge is 0.255 e. The molecule has 2 fully saturated rings. The molecule has 8 nitrogen and oxygen atoms in total. The number of aromatic nitrogens is 4. The van der Waals surface area contributed by atoms with Crippen molar-refractivity contribution in [1.82, 2.24) is 25.5 Å². The molecule has 9 heteroatoms. The van der Waals surface area contributed by atoms with Gasteiger partial charge in [-0.1, -0.05) is 6.07 Å². The quantitative estimate of drug-likeness (QED) is 0.548. The topological polar surface area (TPSA) is 96.3 Å². The monoisotopic (exact) mass is 464 g/mol. The van der Waals surface area contributed by atoms with Crippen LogP contribution in [0.1, 0.15) is 39.5 Å². The molecule has 2 aliphatic rings. The van der Waals surface area contributed by atoms with E-state index in [1.807, 2.05) is 7.05 Å². The summed E-state index contributed by atoms with van der Waals surface area (Å²) in [5, 5.41) is 23.2. The Morgan fingerprint density at radius 3 is 2.41 bits per heavy atom. The normalized spacial score (nSPS) is 25.9. The van der Waals surface area contributed by atoms with Crippen molar-refractivity contribution in [3.8, 4) is 34.0 Å². The summed E-state index contributed by atoms with van der Waals surface area (Å²) < 4.78 is 18.6. The van der Waals surface area contributed by atoms with Gasteiger partial charge in [-0.2, -0.15) is 4.39 Å². The van der Waals surface area contributed by atoms with Gasteiger partial charge >= 0.3 is 0 Å². The Labute approximate surface area is 198 Å². The Kier molecular flexibility index (Phi) is 5.39. The van der Waals surface area contributed by atoms with Crippen LogP contribution >= 0.6 is 0 Å². The molecule has 5 rings (SSSR count). The van der Waals surface area contributed by atoms with E-state index in [-0.39, 0.29) is 22.6 Å². The van der Waals surface area contributed by atoms with Crippen LogP contribution in [0.15, 0.2) is 36.7 Å². The van der Waals surface area contributed by atoms with E-state index in [4.69, 9.17) is 4.74 Å². The molecular formula is C25H29FN6O2. The van der Waals surface area contributed by atoms with Crippen LogP contribution < -0.4 is 15.0 Å². The summed E-state index contributed by atoms with van der Waals surface area (Å²) in [6.07, 6.45) is 7.57. The molecule has 0 saturated carbocycles. The Hall–Kier alpha value is -3.33. The van der Waals surface area contributed by atoms with Crippen LogP contribution in [0.2, 0.25) is 0 Å². The van der Waals surface area contributed by atoms with Gasteiger partial charge in [0.1, 0.15) is 5.75 Å². The molecule has 2 aliphatic heterocycles. The molecule has 2 aromatic heterocycles. The molecule has 34 heavy (non-hydrogen) atoms. The molecule has 4 heterocycles. The van der Waals surface area contributed by atoms with Gasteiger partial charge in [-0.05, 0) is 63.3 Å². The zero-order valence-corrected chi connectivity index (χ0v) is 19.8. The fourth-order valence-electron chi connectivity index (χ4n) is 5.47. The van der Waals surface area contributed by atoms with Gasteiger partial charge in [-0.25, -0.2) is 9.97 Å². The highest BCUT2D eigenvalue weighted by Gasteiger charge is 2.49. The third-order valence-electron chi connectivity index (χ3n) is 7.26. The summed E-state index contributed by atoms with van der Waals surface area (Å²) in [6, 6.07) is 6.97. The number of halogens is 1. The first-order valence-electron chi connectivity index (χ1n) is 11.4. The van der Waals surface area contributed by atoms with Gasteiger partial charge in [0.2, 0.25) is 0 Å². The Morgan fingerprint density at radius 1 is 1.06 bits per heavy atom. The highest BCUT2D eigenvalue weighted by molar-refractivity contribution is 5.73. The van der Waals surface area contributed by atoms with Gasteiger partial charge in [0.25, 0.3) is 5.95 Å². The van der Waals surface area contributed by atoms with Crippen LogP contribution in [0.5, 0.6) is 11.5 Å². The maximum atomic E-state index is 13.6. The first-order valence-corrected chi connectivity index (χ1v) is 11.4. The molecule has 0 spiro atoms. The largest absolute Gasteiger partial charge is 0.507 e. The molecule has 0 amide bonds. The molecule has 0 aliphatic carbocycles. The number of ether oxygens (including phenoxy) is 1. The highest BCUT2D eigenvalue weighted by atomic mass is 19.1. The number of hydrogen-bond donors (Lipinski definition) is 2. The van der Waals surface area contributed by atoms with Crippen LogP contribution in [0.25, 0.3) is 22.5 Å². The van der Waals surface area contributed by atoms with Gasteiger partial charge in [-0.15, -0.1) is 10.2 Å². The number of phenolic OH excluding ortho intramolecular Hbond substituents is 1. The van der Waals surface area contributed by atoms with E-state index in [9.17, 15) is 9.50 Å². The third-order valence-corrected chi connectivity index (χ3v) is 7.26. The number of benzene rings is 1. The molecule has 2 bridgehead atoms. The number of fused-ring (bicyclic) bond motifs is 2. The summed E-state index contributed by atoms with van der Waals surface area (Å²) >= 11 is 0. The number of phenols is 1. The lowest BCUT2D eigenvalue weighted by atomic mass is 9.84. The van der Waals surface area contributed by atoms with E-state index in [2.05, 4.69) is 44.2 Å². The summed E-state index contributed by atoms with van der Waals surface area (Å²) in [5.74, 6) is 0.401. The van der Waals surface area contributed by atoms with Crippen LogP contribution in [0, 0.1) is 5.95 Å². The van der Waals surface area contributed by atoms with Crippen molar-refractivity contribution < 1.29 is 14.2 Å². The molecule has 2 saturated heterocycles. The predicted octanol–water partition coefficient (Wildman–Crippen LogP) is 3.95. The van der Waals surface area contributed by atoms with Crippen molar-refractivity contribution in [1.29, 1.82) is 0 Å². The maximum absolute atomic E-state index is 13.6. The molecule has 1 unspecified atom stereocenters. The predicted molar refractivity (Wildman–Crippen MR) is 127 cm³/mol. The second kappa shape index (κ2) is 8.16.